The normalized spacial score (nSPS) is 17.5. The Morgan fingerprint density at radius 2 is 1.54 bits per heavy atom. The van der Waals surface area contributed by atoms with Crippen LogP contribution in [-0.4, -0.2) is 29.6 Å². The SMILES string of the molecule is CCCC(C(N)=O)C(CC1CCCC1)C(=O)NC1N=C(c2ccccc2)c2ccccc2N(Cc2cccc(-c3ccc(C(F)(F)F)cc3)c2)C1=O. The highest BCUT2D eigenvalue weighted by Gasteiger charge is 2.39. The molecule has 1 saturated carbocycles. The van der Waals surface area contributed by atoms with Gasteiger partial charge < -0.3 is 16.0 Å². The first kappa shape index (κ1) is 36.5. The number of halogens is 3. The maximum atomic E-state index is 14.7. The van der Waals surface area contributed by atoms with Gasteiger partial charge in [-0.05, 0) is 59.7 Å². The average Bonchev–Trinajstić information content (AvgIpc) is 3.63. The van der Waals surface area contributed by atoms with Crippen molar-refractivity contribution in [3.8, 4) is 11.1 Å². The molecule has 3 unspecified atom stereocenters. The molecule has 6 rings (SSSR count). The lowest BCUT2D eigenvalue weighted by atomic mass is 9.80. The lowest BCUT2D eigenvalue weighted by Crippen LogP contribution is -2.50. The molecule has 2 aliphatic rings. The molecule has 0 aromatic heterocycles. The van der Waals surface area contributed by atoms with Crippen LogP contribution in [0.15, 0.2) is 108 Å². The fraction of sp³-hybridized carbons (Fsp3) is 0.333. The Bertz CT molecular complexity index is 1920. The smallest absolute Gasteiger partial charge is 0.369 e. The van der Waals surface area contributed by atoms with Gasteiger partial charge in [-0.25, -0.2) is 4.99 Å². The molecule has 1 aliphatic heterocycles. The number of nitrogens with zero attached hydrogens (tertiary/aromatic N) is 2. The Morgan fingerprint density at radius 1 is 0.865 bits per heavy atom. The van der Waals surface area contributed by atoms with Crippen molar-refractivity contribution >= 4 is 29.1 Å². The largest absolute Gasteiger partial charge is 0.416 e. The number of fused-ring (bicyclic) bond motifs is 1. The molecule has 3 N–H and O–H groups in total. The van der Waals surface area contributed by atoms with Gasteiger partial charge in [-0.15, -0.1) is 0 Å². The number of anilines is 1. The van der Waals surface area contributed by atoms with Crippen molar-refractivity contribution in [1.29, 1.82) is 0 Å². The number of hydrogen-bond donors (Lipinski definition) is 2. The van der Waals surface area contributed by atoms with E-state index in [1.165, 1.54) is 12.1 Å². The first-order chi connectivity index (χ1) is 25.0. The van der Waals surface area contributed by atoms with Crippen LogP contribution in [0.5, 0.6) is 0 Å². The van der Waals surface area contributed by atoms with Crippen molar-refractivity contribution in [2.24, 2.45) is 28.5 Å². The van der Waals surface area contributed by atoms with Crippen LogP contribution in [0.25, 0.3) is 11.1 Å². The highest BCUT2D eigenvalue weighted by molar-refractivity contribution is 6.20. The third kappa shape index (κ3) is 8.27. The van der Waals surface area contributed by atoms with E-state index in [1.807, 2.05) is 73.7 Å². The summed E-state index contributed by atoms with van der Waals surface area (Å²) in [6, 6.07) is 29.1. The Hall–Kier alpha value is -5.25. The van der Waals surface area contributed by atoms with Gasteiger partial charge in [0.25, 0.3) is 5.91 Å². The van der Waals surface area contributed by atoms with Crippen molar-refractivity contribution in [2.75, 3.05) is 4.90 Å². The van der Waals surface area contributed by atoms with Crippen molar-refractivity contribution in [1.82, 2.24) is 5.32 Å². The van der Waals surface area contributed by atoms with E-state index in [0.29, 0.717) is 53.3 Å². The molecule has 0 radical (unpaired) electrons. The number of benzene rings is 4. The molecule has 1 aliphatic carbocycles. The van der Waals surface area contributed by atoms with E-state index in [-0.39, 0.29) is 6.54 Å². The molecule has 3 amide bonds. The lowest BCUT2D eigenvalue weighted by Gasteiger charge is -2.29. The predicted octanol–water partition coefficient (Wildman–Crippen LogP) is 8.30. The summed E-state index contributed by atoms with van der Waals surface area (Å²) in [7, 11) is 0. The third-order valence-corrected chi connectivity index (χ3v) is 10.2. The predicted molar refractivity (Wildman–Crippen MR) is 196 cm³/mol. The van der Waals surface area contributed by atoms with Crippen LogP contribution in [0.2, 0.25) is 0 Å². The number of benzodiazepines with no additional fused rings is 1. The second-order valence-corrected chi connectivity index (χ2v) is 13.8. The maximum Gasteiger partial charge on any atom is 0.416 e. The first-order valence-electron chi connectivity index (χ1n) is 17.9. The number of alkyl halides is 3. The highest BCUT2D eigenvalue weighted by atomic mass is 19.4. The molecule has 1 fully saturated rings. The average molecular weight is 709 g/mol. The second kappa shape index (κ2) is 16.0. The zero-order chi connectivity index (χ0) is 36.8. The summed E-state index contributed by atoms with van der Waals surface area (Å²) in [6.07, 6.45) is 0.00896. The summed E-state index contributed by atoms with van der Waals surface area (Å²) >= 11 is 0. The van der Waals surface area contributed by atoms with Gasteiger partial charge >= 0.3 is 6.18 Å². The summed E-state index contributed by atoms with van der Waals surface area (Å²) in [5.41, 5.74) is 9.76. The second-order valence-electron chi connectivity index (χ2n) is 13.8. The molecule has 4 aromatic rings. The Kier molecular flexibility index (Phi) is 11.2. The third-order valence-electron chi connectivity index (χ3n) is 10.2. The molecule has 270 valence electrons. The molecule has 3 atom stereocenters. The molecular weight excluding hydrogens is 665 g/mol. The number of para-hydroxylation sites is 1. The lowest BCUT2D eigenvalue weighted by molar-refractivity contribution is -0.137. The Balaban J connectivity index is 1.38. The van der Waals surface area contributed by atoms with Crippen LogP contribution in [0.1, 0.15) is 74.1 Å². The number of carbonyl (C=O) groups is 3. The van der Waals surface area contributed by atoms with Gasteiger partial charge in [0.1, 0.15) is 0 Å². The maximum absolute atomic E-state index is 14.7. The summed E-state index contributed by atoms with van der Waals surface area (Å²) < 4.78 is 39.7. The Morgan fingerprint density at radius 3 is 2.21 bits per heavy atom. The zero-order valence-corrected chi connectivity index (χ0v) is 29.1. The van der Waals surface area contributed by atoms with Gasteiger partial charge in [-0.2, -0.15) is 13.2 Å². The number of nitrogens with two attached hydrogens (primary N) is 1. The quantitative estimate of drug-likeness (QED) is 0.155. The van der Waals surface area contributed by atoms with Crippen LogP contribution >= 0.6 is 0 Å². The van der Waals surface area contributed by atoms with E-state index in [9.17, 15) is 27.6 Å². The van der Waals surface area contributed by atoms with Crippen LogP contribution in [0.3, 0.4) is 0 Å². The van der Waals surface area contributed by atoms with Gasteiger partial charge in [0.05, 0.1) is 23.5 Å². The van der Waals surface area contributed by atoms with Gasteiger partial charge in [0.2, 0.25) is 18.0 Å². The van der Waals surface area contributed by atoms with Gasteiger partial charge in [0.15, 0.2) is 0 Å². The van der Waals surface area contributed by atoms with Crippen molar-refractivity contribution in [3.05, 3.63) is 125 Å². The standard InChI is InChI=1S/C42H43F3N4O3/c1-2-11-33(38(46)50)35(25-27-12-6-7-13-27)40(51)48-39-41(52)49(36-19-9-8-18-34(36)37(47-39)30-15-4-3-5-16-30)26-28-14-10-17-31(24-28)29-20-22-32(23-21-29)42(43,44)45/h3-5,8-10,14-24,27,33,35,39H,2,6-7,11-13,25-26H2,1H3,(H2,46,50)(H,48,51). The minimum Gasteiger partial charge on any atom is -0.369 e. The van der Waals surface area contributed by atoms with Crippen LogP contribution in [-0.2, 0) is 27.1 Å². The minimum atomic E-state index is -4.44. The van der Waals surface area contributed by atoms with E-state index in [1.54, 1.807) is 17.0 Å². The van der Waals surface area contributed by atoms with Crippen molar-refractivity contribution < 1.29 is 27.6 Å². The van der Waals surface area contributed by atoms with E-state index in [0.717, 1.165) is 48.9 Å². The first-order valence-corrected chi connectivity index (χ1v) is 17.9. The number of primary amides is 1. The summed E-state index contributed by atoms with van der Waals surface area (Å²) in [5.74, 6) is -2.50. The van der Waals surface area contributed by atoms with Crippen LogP contribution in [0, 0.1) is 17.8 Å². The number of nitrogens with one attached hydrogen (secondary N) is 1. The summed E-state index contributed by atoms with van der Waals surface area (Å²) in [5, 5.41) is 2.96. The topological polar surface area (TPSA) is 105 Å². The number of hydrogen-bond acceptors (Lipinski definition) is 4. The van der Waals surface area contributed by atoms with E-state index >= 15 is 0 Å². The molecule has 0 bridgehead atoms. The highest BCUT2D eigenvalue weighted by Crippen LogP contribution is 2.36. The van der Waals surface area contributed by atoms with Crippen molar-refractivity contribution in [3.63, 3.8) is 0 Å². The van der Waals surface area contributed by atoms with Crippen LogP contribution in [0.4, 0.5) is 18.9 Å². The fourth-order valence-corrected chi connectivity index (χ4v) is 7.55. The van der Waals surface area contributed by atoms with Gasteiger partial charge in [-0.3, -0.25) is 14.4 Å². The van der Waals surface area contributed by atoms with Gasteiger partial charge in [0, 0.05) is 23.0 Å². The van der Waals surface area contributed by atoms with E-state index in [2.05, 4.69) is 5.32 Å². The minimum absolute atomic E-state index is 0.0968. The van der Waals surface area contributed by atoms with Crippen LogP contribution < -0.4 is 16.0 Å². The van der Waals surface area contributed by atoms with E-state index < -0.39 is 47.5 Å². The monoisotopic (exact) mass is 708 g/mol. The number of aliphatic imine (C=N–C) groups is 1. The molecule has 4 aromatic carbocycles. The molecule has 10 heteroatoms. The van der Waals surface area contributed by atoms with E-state index in [4.69, 9.17) is 10.7 Å². The number of amides is 3. The Labute approximate surface area is 302 Å². The summed E-state index contributed by atoms with van der Waals surface area (Å²) in [6.45, 7) is 2.05. The molecule has 7 nitrogen and oxygen atoms in total. The molecule has 1 heterocycles. The summed E-state index contributed by atoms with van der Waals surface area (Å²) in [4.78, 5) is 48.3. The molecular formula is C42H43F3N4O3. The number of carbonyl (C=O) groups excluding carboxylic acids is 3. The zero-order valence-electron chi connectivity index (χ0n) is 29.1. The fourth-order valence-electron chi connectivity index (χ4n) is 7.55. The number of rotatable bonds is 12. The van der Waals surface area contributed by atoms with Crippen molar-refractivity contribution in [2.45, 2.75) is 70.8 Å². The molecule has 0 spiro atoms. The molecule has 0 saturated heterocycles. The van der Waals surface area contributed by atoms with Gasteiger partial charge in [-0.1, -0.05) is 118 Å². The molecule has 52 heavy (non-hydrogen) atoms.